The van der Waals surface area contributed by atoms with Crippen molar-refractivity contribution in [3.8, 4) is 5.75 Å². The van der Waals surface area contributed by atoms with Gasteiger partial charge in [0.05, 0.1) is 6.54 Å². The first kappa shape index (κ1) is 13.1. The van der Waals surface area contributed by atoms with Crippen molar-refractivity contribution >= 4 is 5.84 Å². The SMILES string of the molecule is Cc1cccc(OCCN=C(N)c2ccccc2)c1. The van der Waals surface area contributed by atoms with E-state index in [1.165, 1.54) is 5.56 Å². The zero-order valence-electron chi connectivity index (χ0n) is 11.0. The molecule has 0 spiro atoms. The van der Waals surface area contributed by atoms with Crippen molar-refractivity contribution in [1.82, 2.24) is 0 Å². The predicted molar refractivity (Wildman–Crippen MR) is 78.7 cm³/mol. The minimum Gasteiger partial charge on any atom is -0.492 e. The van der Waals surface area contributed by atoms with Crippen LogP contribution in [0.1, 0.15) is 11.1 Å². The van der Waals surface area contributed by atoms with Crippen molar-refractivity contribution in [2.75, 3.05) is 13.2 Å². The van der Waals surface area contributed by atoms with Crippen LogP contribution >= 0.6 is 0 Å². The average molecular weight is 254 g/mol. The van der Waals surface area contributed by atoms with Crippen LogP contribution in [0.4, 0.5) is 0 Å². The average Bonchev–Trinajstić information content (AvgIpc) is 2.44. The van der Waals surface area contributed by atoms with Crippen LogP contribution in [-0.2, 0) is 0 Å². The third kappa shape index (κ3) is 4.14. The lowest BCUT2D eigenvalue weighted by Crippen LogP contribution is -2.15. The Labute approximate surface area is 113 Å². The Morgan fingerprint density at radius 3 is 2.63 bits per heavy atom. The maximum Gasteiger partial charge on any atom is 0.125 e. The number of aliphatic imine (C=N–C) groups is 1. The number of rotatable bonds is 5. The molecule has 0 fully saturated rings. The van der Waals surface area contributed by atoms with Gasteiger partial charge in [-0.2, -0.15) is 0 Å². The molecule has 2 rings (SSSR count). The van der Waals surface area contributed by atoms with Gasteiger partial charge < -0.3 is 10.5 Å². The molecule has 0 amide bonds. The maximum absolute atomic E-state index is 5.89. The van der Waals surface area contributed by atoms with Crippen molar-refractivity contribution in [2.24, 2.45) is 10.7 Å². The third-order valence-corrected chi connectivity index (χ3v) is 2.70. The van der Waals surface area contributed by atoms with Gasteiger partial charge in [0, 0.05) is 5.56 Å². The predicted octanol–water partition coefficient (Wildman–Crippen LogP) is 2.78. The monoisotopic (exact) mass is 254 g/mol. The fourth-order valence-corrected chi connectivity index (χ4v) is 1.73. The third-order valence-electron chi connectivity index (χ3n) is 2.70. The van der Waals surface area contributed by atoms with Gasteiger partial charge in [-0.1, -0.05) is 42.5 Å². The summed E-state index contributed by atoms with van der Waals surface area (Å²) in [4.78, 5) is 4.30. The normalized spacial score (nSPS) is 11.3. The van der Waals surface area contributed by atoms with Gasteiger partial charge in [0.15, 0.2) is 0 Å². The molecule has 98 valence electrons. The summed E-state index contributed by atoms with van der Waals surface area (Å²) in [7, 11) is 0. The number of nitrogens with zero attached hydrogens (tertiary/aromatic N) is 1. The minimum atomic E-state index is 0.525. The van der Waals surface area contributed by atoms with E-state index in [2.05, 4.69) is 4.99 Å². The van der Waals surface area contributed by atoms with Gasteiger partial charge in [-0.15, -0.1) is 0 Å². The Morgan fingerprint density at radius 2 is 1.89 bits per heavy atom. The Hall–Kier alpha value is -2.29. The molecule has 19 heavy (non-hydrogen) atoms. The van der Waals surface area contributed by atoms with Crippen LogP contribution in [0, 0.1) is 6.92 Å². The number of amidine groups is 1. The molecule has 0 heterocycles. The van der Waals surface area contributed by atoms with E-state index in [1.54, 1.807) is 0 Å². The lowest BCUT2D eigenvalue weighted by molar-refractivity contribution is 0.328. The first-order valence-corrected chi connectivity index (χ1v) is 6.30. The van der Waals surface area contributed by atoms with E-state index in [1.807, 2.05) is 61.5 Å². The molecule has 0 saturated heterocycles. The van der Waals surface area contributed by atoms with Gasteiger partial charge in [-0.25, -0.2) is 0 Å². The van der Waals surface area contributed by atoms with Crippen LogP contribution in [0.3, 0.4) is 0 Å². The quantitative estimate of drug-likeness (QED) is 0.506. The summed E-state index contributed by atoms with van der Waals surface area (Å²) in [6, 6.07) is 17.7. The van der Waals surface area contributed by atoms with Crippen molar-refractivity contribution in [3.63, 3.8) is 0 Å². The zero-order valence-corrected chi connectivity index (χ0v) is 11.0. The summed E-state index contributed by atoms with van der Waals surface area (Å²) in [5.74, 6) is 1.42. The van der Waals surface area contributed by atoms with Crippen molar-refractivity contribution in [3.05, 3.63) is 65.7 Å². The lowest BCUT2D eigenvalue weighted by atomic mass is 10.2. The van der Waals surface area contributed by atoms with Gasteiger partial charge in [0.25, 0.3) is 0 Å². The molecular formula is C16H18N2O. The van der Waals surface area contributed by atoms with Crippen molar-refractivity contribution in [1.29, 1.82) is 0 Å². The van der Waals surface area contributed by atoms with Crippen LogP contribution in [0.25, 0.3) is 0 Å². The topological polar surface area (TPSA) is 47.6 Å². The molecule has 0 aliphatic rings. The summed E-state index contributed by atoms with van der Waals surface area (Å²) < 4.78 is 5.61. The molecular weight excluding hydrogens is 236 g/mol. The first-order chi connectivity index (χ1) is 9.25. The molecule has 0 saturated carbocycles. The molecule has 3 heteroatoms. The molecule has 2 N–H and O–H groups in total. The summed E-state index contributed by atoms with van der Waals surface area (Å²) in [6.07, 6.45) is 0. The Morgan fingerprint density at radius 1 is 1.11 bits per heavy atom. The summed E-state index contributed by atoms with van der Waals surface area (Å²) in [6.45, 7) is 3.12. The van der Waals surface area contributed by atoms with Gasteiger partial charge in [-0.05, 0) is 24.6 Å². The molecule has 0 aliphatic carbocycles. The van der Waals surface area contributed by atoms with Gasteiger partial charge in [0.1, 0.15) is 18.2 Å². The Bertz CT molecular complexity index is 550. The highest BCUT2D eigenvalue weighted by atomic mass is 16.5. The number of ether oxygens (including phenoxy) is 1. The van der Waals surface area contributed by atoms with E-state index < -0.39 is 0 Å². The van der Waals surface area contributed by atoms with Gasteiger partial charge >= 0.3 is 0 Å². The second kappa shape index (κ2) is 6.59. The zero-order chi connectivity index (χ0) is 13.5. The highest BCUT2D eigenvalue weighted by Crippen LogP contribution is 2.11. The molecule has 0 radical (unpaired) electrons. The Kier molecular flexibility index (Phi) is 4.56. The molecule has 3 nitrogen and oxygen atoms in total. The van der Waals surface area contributed by atoms with E-state index in [0.29, 0.717) is 19.0 Å². The van der Waals surface area contributed by atoms with E-state index in [9.17, 15) is 0 Å². The summed E-state index contributed by atoms with van der Waals surface area (Å²) in [5, 5.41) is 0. The highest BCUT2D eigenvalue weighted by molar-refractivity contribution is 5.97. The fourth-order valence-electron chi connectivity index (χ4n) is 1.73. The molecule has 2 aromatic rings. The van der Waals surface area contributed by atoms with Crippen LogP contribution in [0.2, 0.25) is 0 Å². The fraction of sp³-hybridized carbons (Fsp3) is 0.188. The lowest BCUT2D eigenvalue weighted by Gasteiger charge is -2.05. The van der Waals surface area contributed by atoms with Gasteiger partial charge in [0.2, 0.25) is 0 Å². The maximum atomic E-state index is 5.89. The number of benzene rings is 2. The van der Waals surface area contributed by atoms with Crippen LogP contribution < -0.4 is 10.5 Å². The first-order valence-electron chi connectivity index (χ1n) is 6.30. The standard InChI is InChI=1S/C16H18N2O/c1-13-6-5-9-15(12-13)19-11-10-18-16(17)14-7-3-2-4-8-14/h2-9,12H,10-11H2,1H3,(H2,17,18). The van der Waals surface area contributed by atoms with E-state index in [0.717, 1.165) is 11.3 Å². The number of aryl methyl sites for hydroxylation is 1. The molecule has 0 bridgehead atoms. The molecule has 0 atom stereocenters. The molecule has 0 aromatic heterocycles. The van der Waals surface area contributed by atoms with Crippen LogP contribution in [0.15, 0.2) is 59.6 Å². The second-order valence-electron chi connectivity index (χ2n) is 4.30. The number of hydrogen-bond acceptors (Lipinski definition) is 2. The van der Waals surface area contributed by atoms with Crippen LogP contribution in [0.5, 0.6) is 5.75 Å². The second-order valence-corrected chi connectivity index (χ2v) is 4.30. The largest absolute Gasteiger partial charge is 0.492 e. The van der Waals surface area contributed by atoms with E-state index in [-0.39, 0.29) is 0 Å². The molecule has 0 unspecified atom stereocenters. The minimum absolute atomic E-state index is 0.525. The summed E-state index contributed by atoms with van der Waals surface area (Å²) >= 11 is 0. The van der Waals surface area contributed by atoms with Crippen molar-refractivity contribution < 1.29 is 4.74 Å². The molecule has 0 aliphatic heterocycles. The van der Waals surface area contributed by atoms with E-state index in [4.69, 9.17) is 10.5 Å². The number of nitrogens with two attached hydrogens (primary N) is 1. The van der Waals surface area contributed by atoms with Gasteiger partial charge in [-0.3, -0.25) is 4.99 Å². The molecule has 2 aromatic carbocycles. The van der Waals surface area contributed by atoms with E-state index >= 15 is 0 Å². The number of hydrogen-bond donors (Lipinski definition) is 1. The Balaban J connectivity index is 1.83. The summed E-state index contributed by atoms with van der Waals surface area (Å²) in [5.41, 5.74) is 8.02. The highest BCUT2D eigenvalue weighted by Gasteiger charge is 1.96. The van der Waals surface area contributed by atoms with Crippen LogP contribution in [-0.4, -0.2) is 19.0 Å². The van der Waals surface area contributed by atoms with Crippen molar-refractivity contribution in [2.45, 2.75) is 6.92 Å². The smallest absolute Gasteiger partial charge is 0.125 e.